The zero-order chi connectivity index (χ0) is 18.8. The van der Waals surface area contributed by atoms with Gasteiger partial charge in [0, 0.05) is 32.6 Å². The summed E-state index contributed by atoms with van der Waals surface area (Å²) in [6, 6.07) is 12.2. The number of carbonyl (C=O) groups excluding carboxylic acids is 1. The van der Waals surface area contributed by atoms with E-state index in [1.807, 2.05) is 28.0 Å². The zero-order valence-electron chi connectivity index (χ0n) is 14.8. The smallest absolute Gasteiger partial charge is 0.408 e. The molecule has 0 saturated carbocycles. The summed E-state index contributed by atoms with van der Waals surface area (Å²) in [6.45, 7) is 2.41. The van der Waals surface area contributed by atoms with Crippen molar-refractivity contribution in [3.05, 3.63) is 64.4 Å². The first-order valence-electron chi connectivity index (χ1n) is 8.99. The Labute approximate surface area is 155 Å². The number of nitrogens with one attached hydrogen (secondary N) is 1. The van der Waals surface area contributed by atoms with E-state index < -0.39 is 5.76 Å². The van der Waals surface area contributed by atoms with Crippen molar-refractivity contribution < 1.29 is 13.6 Å². The SMILES string of the molecule is O=C(CCc1ccc2oc(=O)[nH]c2c1)N1CCN(c2ccccc2F)CC1. The first kappa shape index (κ1) is 17.3. The average Bonchev–Trinajstić information content (AvgIpc) is 3.06. The fraction of sp³-hybridized carbons (Fsp3) is 0.300. The number of amides is 1. The highest BCUT2D eigenvalue weighted by Crippen LogP contribution is 2.20. The molecule has 2 heterocycles. The number of halogens is 1. The monoisotopic (exact) mass is 369 g/mol. The number of hydrogen-bond donors (Lipinski definition) is 1. The number of aryl methyl sites for hydroxylation is 1. The van der Waals surface area contributed by atoms with Crippen molar-refractivity contribution >= 4 is 22.7 Å². The number of nitrogens with zero attached hydrogens (tertiary/aromatic N) is 2. The number of rotatable bonds is 4. The van der Waals surface area contributed by atoms with Gasteiger partial charge in [-0.1, -0.05) is 18.2 Å². The largest absolute Gasteiger partial charge is 0.417 e. The summed E-state index contributed by atoms with van der Waals surface area (Å²) < 4.78 is 18.9. The van der Waals surface area contributed by atoms with Crippen LogP contribution in [0.2, 0.25) is 0 Å². The third-order valence-corrected chi connectivity index (χ3v) is 4.94. The fourth-order valence-electron chi connectivity index (χ4n) is 3.47. The van der Waals surface area contributed by atoms with Crippen LogP contribution in [-0.2, 0) is 11.2 Å². The van der Waals surface area contributed by atoms with Crippen LogP contribution in [0.5, 0.6) is 0 Å². The Hall–Kier alpha value is -3.09. The first-order valence-corrected chi connectivity index (χ1v) is 8.99. The molecule has 2 aromatic carbocycles. The van der Waals surface area contributed by atoms with Crippen LogP contribution in [0.4, 0.5) is 10.1 Å². The van der Waals surface area contributed by atoms with Gasteiger partial charge in [0.05, 0.1) is 11.2 Å². The molecule has 1 N–H and O–H groups in total. The van der Waals surface area contributed by atoms with Gasteiger partial charge in [0.15, 0.2) is 5.58 Å². The molecule has 6 nitrogen and oxygen atoms in total. The number of carbonyl (C=O) groups is 1. The molecule has 0 radical (unpaired) electrons. The van der Waals surface area contributed by atoms with Gasteiger partial charge in [-0.3, -0.25) is 9.78 Å². The van der Waals surface area contributed by atoms with Gasteiger partial charge in [-0.15, -0.1) is 0 Å². The molecular formula is C20H20FN3O3. The maximum absolute atomic E-state index is 13.9. The lowest BCUT2D eigenvalue weighted by Crippen LogP contribution is -2.49. The Morgan fingerprint density at radius 1 is 1.11 bits per heavy atom. The Kier molecular flexibility index (Phi) is 4.66. The Morgan fingerprint density at radius 3 is 2.67 bits per heavy atom. The zero-order valence-corrected chi connectivity index (χ0v) is 14.8. The average molecular weight is 369 g/mol. The van der Waals surface area contributed by atoms with E-state index in [0.717, 1.165) is 5.56 Å². The summed E-state index contributed by atoms with van der Waals surface area (Å²) in [5, 5.41) is 0. The van der Waals surface area contributed by atoms with Gasteiger partial charge in [0.25, 0.3) is 0 Å². The number of oxazole rings is 1. The van der Waals surface area contributed by atoms with Crippen molar-refractivity contribution in [3.63, 3.8) is 0 Å². The summed E-state index contributed by atoms with van der Waals surface area (Å²) in [5.74, 6) is -0.625. The van der Waals surface area contributed by atoms with E-state index >= 15 is 0 Å². The van der Waals surface area contributed by atoms with Crippen LogP contribution in [0.1, 0.15) is 12.0 Å². The molecule has 7 heteroatoms. The molecule has 0 aliphatic carbocycles. The van der Waals surface area contributed by atoms with Crippen LogP contribution in [0.15, 0.2) is 51.7 Å². The lowest BCUT2D eigenvalue weighted by molar-refractivity contribution is -0.131. The molecule has 0 unspecified atom stereocenters. The molecule has 1 aromatic heterocycles. The number of anilines is 1. The van der Waals surface area contributed by atoms with E-state index in [1.165, 1.54) is 6.07 Å². The van der Waals surface area contributed by atoms with Crippen LogP contribution in [0, 0.1) is 5.82 Å². The van der Waals surface area contributed by atoms with Crippen LogP contribution in [-0.4, -0.2) is 42.0 Å². The van der Waals surface area contributed by atoms with E-state index in [1.54, 1.807) is 18.2 Å². The quantitative estimate of drug-likeness (QED) is 0.767. The van der Waals surface area contributed by atoms with Crippen molar-refractivity contribution in [1.29, 1.82) is 0 Å². The predicted octanol–water partition coefficient (Wildman–Crippen LogP) is 2.54. The topological polar surface area (TPSA) is 69.5 Å². The third-order valence-electron chi connectivity index (χ3n) is 4.94. The van der Waals surface area contributed by atoms with Gasteiger partial charge < -0.3 is 14.2 Å². The third kappa shape index (κ3) is 3.72. The normalized spacial score (nSPS) is 14.7. The first-order chi connectivity index (χ1) is 13.1. The standard InChI is InChI=1S/C20H20FN3O3/c21-15-3-1-2-4-17(15)23-9-11-24(12-10-23)19(25)8-6-14-5-7-18-16(13-14)22-20(26)27-18/h1-5,7,13H,6,8-12H2,(H,22,26). The van der Waals surface area contributed by atoms with E-state index in [4.69, 9.17) is 4.42 Å². The van der Waals surface area contributed by atoms with E-state index in [0.29, 0.717) is 55.8 Å². The molecule has 1 fully saturated rings. The summed E-state index contributed by atoms with van der Waals surface area (Å²) >= 11 is 0. The summed E-state index contributed by atoms with van der Waals surface area (Å²) in [5.41, 5.74) is 2.72. The molecule has 0 bridgehead atoms. The fourth-order valence-corrected chi connectivity index (χ4v) is 3.47. The second-order valence-electron chi connectivity index (χ2n) is 6.66. The second kappa shape index (κ2) is 7.26. The van der Waals surface area contributed by atoms with Crippen molar-refractivity contribution in [2.45, 2.75) is 12.8 Å². The van der Waals surface area contributed by atoms with Gasteiger partial charge in [-0.05, 0) is 36.2 Å². The van der Waals surface area contributed by atoms with Gasteiger partial charge >= 0.3 is 5.76 Å². The molecule has 1 amide bonds. The molecule has 0 spiro atoms. The number of aromatic amines is 1. The summed E-state index contributed by atoms with van der Waals surface area (Å²) in [7, 11) is 0. The van der Waals surface area contributed by atoms with Gasteiger partial charge in [-0.2, -0.15) is 0 Å². The molecule has 140 valence electrons. The van der Waals surface area contributed by atoms with Crippen LogP contribution >= 0.6 is 0 Å². The van der Waals surface area contributed by atoms with Crippen LogP contribution in [0.3, 0.4) is 0 Å². The predicted molar refractivity (Wildman–Crippen MR) is 100 cm³/mol. The molecule has 4 rings (SSSR count). The number of hydrogen-bond acceptors (Lipinski definition) is 4. The highest BCUT2D eigenvalue weighted by molar-refractivity contribution is 5.77. The molecular weight excluding hydrogens is 349 g/mol. The summed E-state index contributed by atoms with van der Waals surface area (Å²) in [4.78, 5) is 30.1. The number of H-pyrrole nitrogens is 1. The Morgan fingerprint density at radius 2 is 1.89 bits per heavy atom. The van der Waals surface area contributed by atoms with Gasteiger partial charge in [-0.25, -0.2) is 9.18 Å². The Bertz CT molecular complexity index is 1020. The van der Waals surface area contributed by atoms with Crippen LogP contribution in [0.25, 0.3) is 11.1 Å². The molecule has 1 aliphatic heterocycles. The maximum atomic E-state index is 13.9. The van der Waals surface area contributed by atoms with E-state index in [2.05, 4.69) is 4.98 Å². The lowest BCUT2D eigenvalue weighted by Gasteiger charge is -2.36. The maximum Gasteiger partial charge on any atom is 0.417 e. The molecule has 0 atom stereocenters. The number of benzene rings is 2. The molecule has 1 saturated heterocycles. The van der Waals surface area contributed by atoms with E-state index in [-0.39, 0.29) is 11.7 Å². The van der Waals surface area contributed by atoms with Gasteiger partial charge in [0.1, 0.15) is 5.82 Å². The number of fused-ring (bicyclic) bond motifs is 1. The van der Waals surface area contributed by atoms with Crippen molar-refractivity contribution in [3.8, 4) is 0 Å². The van der Waals surface area contributed by atoms with Crippen LogP contribution < -0.4 is 10.7 Å². The Balaban J connectivity index is 1.32. The lowest BCUT2D eigenvalue weighted by atomic mass is 10.1. The highest BCUT2D eigenvalue weighted by Gasteiger charge is 2.22. The summed E-state index contributed by atoms with van der Waals surface area (Å²) in [6.07, 6.45) is 0.989. The van der Waals surface area contributed by atoms with E-state index in [9.17, 15) is 14.0 Å². The molecule has 27 heavy (non-hydrogen) atoms. The number of para-hydroxylation sites is 1. The molecule has 1 aliphatic rings. The number of piperazine rings is 1. The van der Waals surface area contributed by atoms with Crippen molar-refractivity contribution in [2.24, 2.45) is 0 Å². The minimum atomic E-state index is -0.481. The number of aromatic nitrogens is 1. The van der Waals surface area contributed by atoms with Crippen molar-refractivity contribution in [2.75, 3.05) is 31.1 Å². The van der Waals surface area contributed by atoms with Gasteiger partial charge in [0.2, 0.25) is 5.91 Å². The van der Waals surface area contributed by atoms with Crippen molar-refractivity contribution in [1.82, 2.24) is 9.88 Å². The second-order valence-corrected chi connectivity index (χ2v) is 6.66. The highest BCUT2D eigenvalue weighted by atomic mass is 19.1. The molecule has 3 aromatic rings. The minimum Gasteiger partial charge on any atom is -0.408 e. The minimum absolute atomic E-state index is 0.0870.